The zero-order chi connectivity index (χ0) is 18.4. The normalized spacial score (nSPS) is 10.2. The van der Waals surface area contributed by atoms with Crippen molar-refractivity contribution in [1.29, 1.82) is 0 Å². The van der Waals surface area contributed by atoms with Crippen molar-refractivity contribution in [3.05, 3.63) is 84.2 Å². The molecule has 5 heteroatoms. The molecule has 0 atom stereocenters. The van der Waals surface area contributed by atoms with Crippen molar-refractivity contribution >= 4 is 11.6 Å². The van der Waals surface area contributed by atoms with Gasteiger partial charge in [-0.2, -0.15) is 0 Å². The number of aromatic nitrogens is 1. The van der Waals surface area contributed by atoms with Crippen LogP contribution >= 0.6 is 0 Å². The SMILES string of the molecule is COc1ccc(N(Cc2cccnc2)C(=O)c2ccccc2OC)cc1. The number of rotatable bonds is 6. The molecule has 0 aliphatic carbocycles. The zero-order valence-electron chi connectivity index (χ0n) is 14.8. The lowest BCUT2D eigenvalue weighted by Crippen LogP contribution is -2.30. The van der Waals surface area contributed by atoms with E-state index in [1.165, 1.54) is 0 Å². The van der Waals surface area contributed by atoms with Crippen molar-refractivity contribution in [2.75, 3.05) is 19.1 Å². The Hall–Kier alpha value is -3.34. The summed E-state index contributed by atoms with van der Waals surface area (Å²) in [6, 6.07) is 18.4. The highest BCUT2D eigenvalue weighted by atomic mass is 16.5. The summed E-state index contributed by atoms with van der Waals surface area (Å²) in [4.78, 5) is 19.1. The van der Waals surface area contributed by atoms with Crippen molar-refractivity contribution in [2.24, 2.45) is 0 Å². The average molecular weight is 348 g/mol. The van der Waals surface area contributed by atoms with Crippen LogP contribution in [-0.4, -0.2) is 25.1 Å². The van der Waals surface area contributed by atoms with Gasteiger partial charge in [0.1, 0.15) is 11.5 Å². The number of methoxy groups -OCH3 is 2. The molecule has 0 unspecified atom stereocenters. The first-order chi connectivity index (χ1) is 12.7. The molecule has 0 spiro atoms. The molecule has 132 valence electrons. The van der Waals surface area contributed by atoms with E-state index in [4.69, 9.17) is 9.47 Å². The van der Waals surface area contributed by atoms with Crippen LogP contribution in [0.3, 0.4) is 0 Å². The Morgan fingerprint density at radius 3 is 2.38 bits per heavy atom. The van der Waals surface area contributed by atoms with E-state index < -0.39 is 0 Å². The summed E-state index contributed by atoms with van der Waals surface area (Å²) in [5.74, 6) is 1.14. The number of anilines is 1. The molecule has 0 saturated carbocycles. The highest BCUT2D eigenvalue weighted by Gasteiger charge is 2.21. The lowest BCUT2D eigenvalue weighted by molar-refractivity contribution is 0.0982. The lowest BCUT2D eigenvalue weighted by atomic mass is 10.1. The highest BCUT2D eigenvalue weighted by molar-refractivity contribution is 6.07. The second kappa shape index (κ2) is 8.16. The van der Waals surface area contributed by atoms with Gasteiger partial charge in [-0.3, -0.25) is 9.78 Å². The molecule has 2 aromatic carbocycles. The number of benzene rings is 2. The Bertz CT molecular complexity index is 864. The van der Waals surface area contributed by atoms with Crippen LogP contribution in [0.15, 0.2) is 73.1 Å². The van der Waals surface area contributed by atoms with Crippen molar-refractivity contribution < 1.29 is 14.3 Å². The first kappa shape index (κ1) is 17.5. The molecule has 3 aromatic rings. The minimum Gasteiger partial charge on any atom is -0.497 e. The minimum atomic E-state index is -0.142. The Morgan fingerprint density at radius 1 is 0.962 bits per heavy atom. The van der Waals surface area contributed by atoms with Crippen LogP contribution in [0, 0.1) is 0 Å². The van der Waals surface area contributed by atoms with Gasteiger partial charge in [0, 0.05) is 18.1 Å². The van der Waals surface area contributed by atoms with E-state index in [-0.39, 0.29) is 5.91 Å². The topological polar surface area (TPSA) is 51.7 Å². The molecule has 0 N–H and O–H groups in total. The van der Waals surface area contributed by atoms with Gasteiger partial charge in [-0.25, -0.2) is 0 Å². The summed E-state index contributed by atoms with van der Waals surface area (Å²) in [7, 11) is 3.17. The molecule has 5 nitrogen and oxygen atoms in total. The number of para-hydroxylation sites is 1. The number of ether oxygens (including phenoxy) is 2. The number of carbonyl (C=O) groups is 1. The van der Waals surface area contributed by atoms with Crippen LogP contribution in [0.25, 0.3) is 0 Å². The molecule has 0 radical (unpaired) electrons. The molecule has 0 aliphatic rings. The average Bonchev–Trinajstić information content (AvgIpc) is 2.72. The summed E-state index contributed by atoms with van der Waals surface area (Å²) >= 11 is 0. The molecule has 0 saturated heterocycles. The van der Waals surface area contributed by atoms with Crippen molar-refractivity contribution in [2.45, 2.75) is 6.54 Å². The fourth-order valence-corrected chi connectivity index (χ4v) is 2.68. The summed E-state index contributed by atoms with van der Waals surface area (Å²) in [6.45, 7) is 0.400. The number of amides is 1. The standard InChI is InChI=1S/C21H20N2O3/c1-25-18-11-9-17(10-12-18)23(15-16-6-5-13-22-14-16)21(24)19-7-3-4-8-20(19)26-2/h3-14H,15H2,1-2H3. The molecule has 3 rings (SSSR count). The number of hydrogen-bond acceptors (Lipinski definition) is 4. The second-order valence-corrected chi connectivity index (χ2v) is 5.65. The summed E-state index contributed by atoms with van der Waals surface area (Å²) in [5, 5.41) is 0. The van der Waals surface area contributed by atoms with Gasteiger partial charge in [0.05, 0.1) is 26.3 Å². The molecule has 0 fully saturated rings. The van der Waals surface area contributed by atoms with E-state index in [1.54, 1.807) is 43.6 Å². The van der Waals surface area contributed by atoms with E-state index in [2.05, 4.69) is 4.98 Å². The minimum absolute atomic E-state index is 0.142. The first-order valence-corrected chi connectivity index (χ1v) is 8.20. The fourth-order valence-electron chi connectivity index (χ4n) is 2.68. The molecular formula is C21H20N2O3. The van der Waals surface area contributed by atoms with Crippen LogP contribution in [0.1, 0.15) is 15.9 Å². The van der Waals surface area contributed by atoms with Gasteiger partial charge >= 0.3 is 0 Å². The third kappa shape index (κ3) is 3.83. The van der Waals surface area contributed by atoms with Crippen LogP contribution in [0.4, 0.5) is 5.69 Å². The fraction of sp³-hybridized carbons (Fsp3) is 0.143. The quantitative estimate of drug-likeness (QED) is 0.677. The zero-order valence-corrected chi connectivity index (χ0v) is 14.8. The van der Waals surface area contributed by atoms with E-state index in [0.29, 0.717) is 17.9 Å². The van der Waals surface area contributed by atoms with Crippen molar-refractivity contribution in [3.63, 3.8) is 0 Å². The Balaban J connectivity index is 2.00. The third-order valence-corrected chi connectivity index (χ3v) is 4.03. The van der Waals surface area contributed by atoms with E-state index in [1.807, 2.05) is 48.5 Å². The predicted molar refractivity (Wildman–Crippen MR) is 101 cm³/mol. The van der Waals surface area contributed by atoms with Gasteiger partial charge in [0.2, 0.25) is 0 Å². The van der Waals surface area contributed by atoms with Crippen LogP contribution in [0.5, 0.6) is 11.5 Å². The molecule has 0 bridgehead atoms. The first-order valence-electron chi connectivity index (χ1n) is 8.20. The molecule has 26 heavy (non-hydrogen) atoms. The van der Waals surface area contributed by atoms with Crippen LogP contribution in [0.2, 0.25) is 0 Å². The van der Waals surface area contributed by atoms with Gasteiger partial charge in [0.15, 0.2) is 0 Å². The number of pyridine rings is 1. The smallest absolute Gasteiger partial charge is 0.262 e. The maximum absolute atomic E-state index is 13.3. The number of nitrogens with zero attached hydrogens (tertiary/aromatic N) is 2. The molecule has 0 aliphatic heterocycles. The van der Waals surface area contributed by atoms with Crippen LogP contribution < -0.4 is 14.4 Å². The summed E-state index contributed by atoms with van der Waals surface area (Å²) in [5.41, 5.74) is 2.21. The largest absolute Gasteiger partial charge is 0.497 e. The Kier molecular flexibility index (Phi) is 5.49. The van der Waals surface area contributed by atoms with Gasteiger partial charge in [-0.1, -0.05) is 18.2 Å². The van der Waals surface area contributed by atoms with Gasteiger partial charge in [0.25, 0.3) is 5.91 Å². The third-order valence-electron chi connectivity index (χ3n) is 4.03. The molecule has 1 amide bonds. The molecule has 1 aromatic heterocycles. The second-order valence-electron chi connectivity index (χ2n) is 5.65. The Labute approximate surface area is 152 Å². The van der Waals surface area contributed by atoms with Crippen LogP contribution in [-0.2, 0) is 6.54 Å². The number of carbonyl (C=O) groups excluding carboxylic acids is 1. The van der Waals surface area contributed by atoms with Crippen molar-refractivity contribution in [3.8, 4) is 11.5 Å². The van der Waals surface area contributed by atoms with E-state index in [9.17, 15) is 4.79 Å². The molecule has 1 heterocycles. The monoisotopic (exact) mass is 348 g/mol. The van der Waals surface area contributed by atoms with Gasteiger partial charge in [-0.05, 0) is 48.0 Å². The molecular weight excluding hydrogens is 328 g/mol. The van der Waals surface area contributed by atoms with Gasteiger partial charge < -0.3 is 14.4 Å². The predicted octanol–water partition coefficient (Wildman–Crippen LogP) is 3.95. The maximum atomic E-state index is 13.3. The van der Waals surface area contributed by atoms with Crippen molar-refractivity contribution in [1.82, 2.24) is 4.98 Å². The summed E-state index contributed by atoms with van der Waals surface area (Å²) in [6.07, 6.45) is 3.47. The van der Waals surface area contributed by atoms with E-state index >= 15 is 0 Å². The summed E-state index contributed by atoms with van der Waals surface area (Å²) < 4.78 is 10.6. The highest BCUT2D eigenvalue weighted by Crippen LogP contribution is 2.26. The maximum Gasteiger partial charge on any atom is 0.262 e. The lowest BCUT2D eigenvalue weighted by Gasteiger charge is -2.24. The van der Waals surface area contributed by atoms with E-state index in [0.717, 1.165) is 17.0 Å². The Morgan fingerprint density at radius 2 is 1.73 bits per heavy atom. The van der Waals surface area contributed by atoms with Gasteiger partial charge in [-0.15, -0.1) is 0 Å². The number of hydrogen-bond donors (Lipinski definition) is 0.